The van der Waals surface area contributed by atoms with Gasteiger partial charge < -0.3 is 10.1 Å². The molecule has 1 unspecified atom stereocenters. The van der Waals surface area contributed by atoms with Crippen LogP contribution in [0.2, 0.25) is 0 Å². The monoisotopic (exact) mass is 305 g/mol. The van der Waals surface area contributed by atoms with E-state index in [1.807, 2.05) is 25.3 Å². The van der Waals surface area contributed by atoms with Crippen molar-refractivity contribution >= 4 is 27.3 Å². The van der Waals surface area contributed by atoms with Crippen LogP contribution < -0.4 is 5.32 Å². The van der Waals surface area contributed by atoms with Crippen molar-refractivity contribution in [3.63, 3.8) is 0 Å². The van der Waals surface area contributed by atoms with Crippen molar-refractivity contribution in [1.29, 1.82) is 0 Å². The highest BCUT2D eigenvalue weighted by Gasteiger charge is 2.10. The summed E-state index contributed by atoms with van der Waals surface area (Å²) < 4.78 is 6.59. The van der Waals surface area contributed by atoms with Gasteiger partial charge in [-0.05, 0) is 60.6 Å². The van der Waals surface area contributed by atoms with Crippen LogP contribution in [0.1, 0.15) is 24.6 Å². The fourth-order valence-electron chi connectivity index (χ4n) is 1.62. The summed E-state index contributed by atoms with van der Waals surface area (Å²) in [5.74, 6) is 0. The van der Waals surface area contributed by atoms with Gasteiger partial charge in [0.2, 0.25) is 0 Å². The van der Waals surface area contributed by atoms with Crippen LogP contribution in [0, 0.1) is 0 Å². The van der Waals surface area contributed by atoms with Crippen LogP contribution >= 0.6 is 27.3 Å². The number of rotatable bonds is 8. The number of thiophene rings is 1. The molecule has 0 fully saturated rings. The molecule has 1 atom stereocenters. The fraction of sp³-hybridized carbons (Fsp3) is 0.667. The number of likely N-dealkylation sites (N-methyl/N-ethyl adjacent to an activating group) is 1. The summed E-state index contributed by atoms with van der Waals surface area (Å²) in [6.07, 6.45) is 3.39. The average molecular weight is 306 g/mol. The Kier molecular flexibility index (Phi) is 7.28. The van der Waals surface area contributed by atoms with Gasteiger partial charge in [0, 0.05) is 28.6 Å². The summed E-state index contributed by atoms with van der Waals surface area (Å²) in [4.78, 5) is 1.43. The maximum Gasteiger partial charge on any atom is 0.0466 e. The molecule has 1 rings (SSSR count). The molecule has 1 aromatic rings. The number of hydrogen-bond donors (Lipinski definition) is 1. The Labute approximate surface area is 111 Å². The molecule has 0 radical (unpaired) electrons. The van der Waals surface area contributed by atoms with Gasteiger partial charge in [0.1, 0.15) is 0 Å². The third-order valence-electron chi connectivity index (χ3n) is 2.58. The van der Waals surface area contributed by atoms with Crippen LogP contribution in [-0.4, -0.2) is 26.3 Å². The van der Waals surface area contributed by atoms with E-state index in [1.165, 1.54) is 15.8 Å². The lowest BCUT2D eigenvalue weighted by Gasteiger charge is -2.15. The van der Waals surface area contributed by atoms with Crippen molar-refractivity contribution in [2.75, 3.05) is 20.3 Å². The molecule has 0 amide bonds. The Bertz CT molecular complexity index is 290. The minimum Gasteiger partial charge on any atom is -0.382 e. The van der Waals surface area contributed by atoms with E-state index in [0.717, 1.165) is 26.1 Å². The van der Waals surface area contributed by atoms with Gasteiger partial charge in [-0.25, -0.2) is 0 Å². The first kappa shape index (κ1) is 14.2. The summed E-state index contributed by atoms with van der Waals surface area (Å²) in [6.45, 7) is 3.74. The molecule has 0 aliphatic heterocycles. The molecule has 0 aliphatic carbocycles. The van der Waals surface area contributed by atoms with E-state index in [0.29, 0.717) is 6.04 Å². The Hall–Kier alpha value is 0.1000. The van der Waals surface area contributed by atoms with Gasteiger partial charge in [0.05, 0.1) is 0 Å². The SMILES string of the molecule is CCOCCCC(Cc1sccc1Br)NC. The van der Waals surface area contributed by atoms with E-state index in [9.17, 15) is 0 Å². The molecule has 0 saturated carbocycles. The second-order valence-electron chi connectivity index (χ2n) is 3.72. The minimum atomic E-state index is 0.551. The summed E-state index contributed by atoms with van der Waals surface area (Å²) >= 11 is 5.39. The maximum atomic E-state index is 5.35. The van der Waals surface area contributed by atoms with E-state index >= 15 is 0 Å². The summed E-state index contributed by atoms with van der Waals surface area (Å²) in [5.41, 5.74) is 0. The van der Waals surface area contributed by atoms with Crippen LogP contribution in [0.15, 0.2) is 15.9 Å². The summed E-state index contributed by atoms with van der Waals surface area (Å²) in [5, 5.41) is 5.51. The standard InChI is InChI=1S/C12H20BrNOS/c1-3-15-7-4-5-10(14-2)9-12-11(13)6-8-16-12/h6,8,10,14H,3-5,7,9H2,1-2H3. The Balaban J connectivity index is 2.29. The van der Waals surface area contributed by atoms with Gasteiger partial charge in [-0.2, -0.15) is 0 Å². The topological polar surface area (TPSA) is 21.3 Å². The van der Waals surface area contributed by atoms with Crippen LogP contribution in [0.5, 0.6) is 0 Å². The van der Waals surface area contributed by atoms with Crippen molar-refractivity contribution in [3.05, 3.63) is 20.8 Å². The first-order valence-corrected chi connectivity index (χ1v) is 7.42. The van der Waals surface area contributed by atoms with Crippen molar-refractivity contribution in [3.8, 4) is 0 Å². The third-order valence-corrected chi connectivity index (χ3v) is 4.53. The molecule has 0 aliphatic rings. The second kappa shape index (κ2) is 8.23. The van der Waals surface area contributed by atoms with Crippen LogP contribution in [0.4, 0.5) is 0 Å². The minimum absolute atomic E-state index is 0.551. The molecule has 0 aromatic carbocycles. The van der Waals surface area contributed by atoms with Gasteiger partial charge in [-0.3, -0.25) is 0 Å². The average Bonchev–Trinajstić information content (AvgIpc) is 2.68. The third kappa shape index (κ3) is 4.95. The molecule has 92 valence electrons. The first-order valence-electron chi connectivity index (χ1n) is 5.74. The van der Waals surface area contributed by atoms with Crippen molar-refractivity contribution in [2.24, 2.45) is 0 Å². The predicted octanol–water partition coefficient (Wildman–Crippen LogP) is 3.46. The zero-order valence-electron chi connectivity index (χ0n) is 9.96. The number of halogens is 1. The quantitative estimate of drug-likeness (QED) is 0.743. The normalized spacial score (nSPS) is 12.9. The maximum absolute atomic E-state index is 5.35. The fourth-order valence-corrected chi connectivity index (χ4v) is 3.21. The van der Waals surface area contributed by atoms with Gasteiger partial charge >= 0.3 is 0 Å². The molecule has 0 bridgehead atoms. The van der Waals surface area contributed by atoms with Gasteiger partial charge in [0.15, 0.2) is 0 Å². The smallest absolute Gasteiger partial charge is 0.0466 e. The number of ether oxygens (including phenoxy) is 1. The zero-order chi connectivity index (χ0) is 11.8. The lowest BCUT2D eigenvalue weighted by molar-refractivity contribution is 0.141. The Morgan fingerprint density at radius 1 is 1.56 bits per heavy atom. The Morgan fingerprint density at radius 3 is 2.94 bits per heavy atom. The molecular weight excluding hydrogens is 286 g/mol. The lowest BCUT2D eigenvalue weighted by atomic mass is 10.1. The predicted molar refractivity (Wildman–Crippen MR) is 74.3 cm³/mol. The molecule has 1 heterocycles. The highest BCUT2D eigenvalue weighted by atomic mass is 79.9. The van der Waals surface area contributed by atoms with Gasteiger partial charge in [0.25, 0.3) is 0 Å². The van der Waals surface area contributed by atoms with E-state index in [4.69, 9.17) is 4.74 Å². The van der Waals surface area contributed by atoms with Crippen LogP contribution in [-0.2, 0) is 11.2 Å². The first-order chi connectivity index (χ1) is 7.77. The molecule has 1 aromatic heterocycles. The molecule has 16 heavy (non-hydrogen) atoms. The lowest BCUT2D eigenvalue weighted by Crippen LogP contribution is -2.27. The Morgan fingerprint density at radius 2 is 2.38 bits per heavy atom. The molecule has 2 nitrogen and oxygen atoms in total. The molecule has 0 saturated heterocycles. The number of hydrogen-bond acceptors (Lipinski definition) is 3. The molecule has 4 heteroatoms. The van der Waals surface area contributed by atoms with Crippen LogP contribution in [0.3, 0.4) is 0 Å². The van der Waals surface area contributed by atoms with Gasteiger partial charge in [-0.15, -0.1) is 11.3 Å². The van der Waals surface area contributed by atoms with Crippen molar-refractivity contribution in [2.45, 2.75) is 32.2 Å². The van der Waals surface area contributed by atoms with Crippen molar-refractivity contribution < 1.29 is 4.74 Å². The van der Waals surface area contributed by atoms with Crippen molar-refractivity contribution in [1.82, 2.24) is 5.32 Å². The van der Waals surface area contributed by atoms with E-state index in [1.54, 1.807) is 0 Å². The van der Waals surface area contributed by atoms with E-state index < -0.39 is 0 Å². The zero-order valence-corrected chi connectivity index (χ0v) is 12.4. The summed E-state index contributed by atoms with van der Waals surface area (Å²) in [7, 11) is 2.03. The van der Waals surface area contributed by atoms with E-state index in [-0.39, 0.29) is 0 Å². The molecular formula is C12H20BrNOS. The molecule has 1 N–H and O–H groups in total. The largest absolute Gasteiger partial charge is 0.382 e. The highest BCUT2D eigenvalue weighted by molar-refractivity contribution is 9.10. The second-order valence-corrected chi connectivity index (χ2v) is 5.58. The van der Waals surface area contributed by atoms with Gasteiger partial charge in [-0.1, -0.05) is 0 Å². The summed E-state index contributed by atoms with van der Waals surface area (Å²) in [6, 6.07) is 2.67. The number of nitrogens with one attached hydrogen (secondary N) is 1. The molecule has 0 spiro atoms. The highest BCUT2D eigenvalue weighted by Crippen LogP contribution is 2.24. The van der Waals surface area contributed by atoms with E-state index in [2.05, 4.69) is 32.7 Å². The van der Waals surface area contributed by atoms with Crippen LogP contribution in [0.25, 0.3) is 0 Å².